The summed E-state index contributed by atoms with van der Waals surface area (Å²) < 4.78 is 37.8. The third-order valence-corrected chi connectivity index (χ3v) is 8.02. The zero-order valence-corrected chi connectivity index (χ0v) is 19.5. The fourth-order valence-corrected chi connectivity index (χ4v) is 5.62. The monoisotopic (exact) mass is 453 g/mol. The second-order valence-electron chi connectivity index (χ2n) is 8.22. The number of hydrogen-bond acceptors (Lipinski definition) is 6. The predicted molar refractivity (Wildman–Crippen MR) is 119 cm³/mol. The summed E-state index contributed by atoms with van der Waals surface area (Å²) in [7, 11) is -2.20. The van der Waals surface area contributed by atoms with E-state index in [4.69, 9.17) is 9.47 Å². The molecule has 2 aliphatic rings. The molecule has 2 fully saturated rings. The lowest BCUT2D eigenvalue weighted by Crippen LogP contribution is -2.40. The van der Waals surface area contributed by atoms with E-state index in [1.807, 2.05) is 0 Å². The van der Waals surface area contributed by atoms with E-state index in [-0.39, 0.29) is 16.4 Å². The van der Waals surface area contributed by atoms with Crippen molar-refractivity contribution in [1.82, 2.24) is 14.5 Å². The smallest absolute Gasteiger partial charge is 0.255 e. The molecule has 1 atom stereocenters. The average molecular weight is 454 g/mol. The number of carbonyl (C=O) groups is 1. The molecule has 8 nitrogen and oxygen atoms in total. The highest BCUT2D eigenvalue weighted by Gasteiger charge is 2.28. The first kappa shape index (κ1) is 24.0. The maximum absolute atomic E-state index is 12.9. The summed E-state index contributed by atoms with van der Waals surface area (Å²) in [4.78, 5) is 15.4. The fraction of sp³-hybridized carbons (Fsp3) is 0.682. The predicted octanol–water partition coefficient (Wildman–Crippen LogP) is 2.10. The van der Waals surface area contributed by atoms with Crippen LogP contribution in [0.25, 0.3) is 0 Å². The topological polar surface area (TPSA) is 88.2 Å². The highest BCUT2D eigenvalue weighted by molar-refractivity contribution is 7.89. The lowest BCUT2D eigenvalue weighted by molar-refractivity contribution is 0.0730. The molecule has 31 heavy (non-hydrogen) atoms. The van der Waals surface area contributed by atoms with Crippen LogP contribution in [-0.2, 0) is 14.8 Å². The van der Waals surface area contributed by atoms with Gasteiger partial charge in [-0.25, -0.2) is 8.42 Å². The minimum atomic E-state index is -3.68. The molecule has 2 aliphatic heterocycles. The third-order valence-electron chi connectivity index (χ3n) is 6.12. The van der Waals surface area contributed by atoms with Crippen LogP contribution in [0.15, 0.2) is 23.1 Å². The van der Waals surface area contributed by atoms with E-state index in [9.17, 15) is 13.2 Å². The molecule has 3 rings (SSSR count). The highest BCUT2D eigenvalue weighted by Crippen LogP contribution is 2.25. The Hall–Kier alpha value is -1.68. The number of carbonyl (C=O) groups excluding carboxylic acids is 1. The molecule has 1 unspecified atom stereocenters. The van der Waals surface area contributed by atoms with E-state index in [1.165, 1.54) is 42.8 Å². The van der Waals surface area contributed by atoms with Crippen molar-refractivity contribution < 1.29 is 22.7 Å². The molecular formula is C22H35N3O5S. The lowest BCUT2D eigenvalue weighted by Gasteiger charge is -2.33. The summed E-state index contributed by atoms with van der Waals surface area (Å²) in [5.41, 5.74) is 0.237. The van der Waals surface area contributed by atoms with Crippen LogP contribution in [0.4, 0.5) is 0 Å². The number of nitrogens with zero attached hydrogens (tertiary/aromatic N) is 2. The second-order valence-corrected chi connectivity index (χ2v) is 10.2. The van der Waals surface area contributed by atoms with Crippen LogP contribution in [-0.4, -0.2) is 82.6 Å². The van der Waals surface area contributed by atoms with Crippen LogP contribution in [0.3, 0.4) is 0 Å². The molecule has 0 aliphatic carbocycles. The van der Waals surface area contributed by atoms with Gasteiger partial charge in [-0.3, -0.25) is 4.79 Å². The summed E-state index contributed by atoms with van der Waals surface area (Å²) in [5.74, 6) is 0.0442. The van der Waals surface area contributed by atoms with Gasteiger partial charge in [0.2, 0.25) is 10.0 Å². The number of piperidine rings is 1. The Morgan fingerprint density at radius 3 is 2.68 bits per heavy atom. The molecule has 1 aromatic carbocycles. The number of sulfonamides is 1. The molecule has 0 saturated carbocycles. The van der Waals surface area contributed by atoms with Crippen LogP contribution in [0, 0.1) is 0 Å². The van der Waals surface area contributed by atoms with E-state index >= 15 is 0 Å². The fourth-order valence-electron chi connectivity index (χ4n) is 4.19. The van der Waals surface area contributed by atoms with E-state index in [0.29, 0.717) is 44.6 Å². The maximum atomic E-state index is 12.9. The Bertz CT molecular complexity index is 840. The minimum Gasteiger partial charge on any atom is -0.496 e. The van der Waals surface area contributed by atoms with Gasteiger partial charge < -0.3 is 19.7 Å². The van der Waals surface area contributed by atoms with E-state index < -0.39 is 10.0 Å². The van der Waals surface area contributed by atoms with Crippen molar-refractivity contribution in [3.63, 3.8) is 0 Å². The van der Waals surface area contributed by atoms with E-state index in [0.717, 1.165) is 25.9 Å². The van der Waals surface area contributed by atoms with Gasteiger partial charge in [0.25, 0.3) is 5.91 Å². The lowest BCUT2D eigenvalue weighted by atomic mass is 10.0. The van der Waals surface area contributed by atoms with Crippen molar-refractivity contribution in [2.24, 2.45) is 0 Å². The Kier molecular flexibility index (Phi) is 8.71. The van der Waals surface area contributed by atoms with Gasteiger partial charge in [0.15, 0.2) is 0 Å². The molecule has 1 aromatic rings. The third kappa shape index (κ3) is 6.19. The largest absolute Gasteiger partial charge is 0.496 e. The van der Waals surface area contributed by atoms with Crippen molar-refractivity contribution in [2.75, 3.05) is 53.0 Å². The summed E-state index contributed by atoms with van der Waals surface area (Å²) in [6, 6.07) is 5.08. The quantitative estimate of drug-likeness (QED) is 0.576. The zero-order valence-electron chi connectivity index (χ0n) is 18.6. The Labute approximate surface area is 185 Å². The van der Waals surface area contributed by atoms with Gasteiger partial charge in [-0.1, -0.05) is 6.42 Å². The molecular weight excluding hydrogens is 418 g/mol. The molecule has 1 N–H and O–H groups in total. The van der Waals surface area contributed by atoms with Gasteiger partial charge in [0.1, 0.15) is 5.75 Å². The van der Waals surface area contributed by atoms with Crippen LogP contribution >= 0.6 is 0 Å². The number of nitrogens with one attached hydrogen (secondary N) is 1. The molecule has 9 heteroatoms. The van der Waals surface area contributed by atoms with Gasteiger partial charge in [-0.2, -0.15) is 4.31 Å². The van der Waals surface area contributed by atoms with Crippen molar-refractivity contribution in [2.45, 2.75) is 50.0 Å². The number of hydrogen-bond donors (Lipinski definition) is 1. The van der Waals surface area contributed by atoms with Crippen LogP contribution in [0.5, 0.6) is 5.75 Å². The van der Waals surface area contributed by atoms with Crippen molar-refractivity contribution in [3.05, 3.63) is 23.8 Å². The van der Waals surface area contributed by atoms with Gasteiger partial charge >= 0.3 is 0 Å². The van der Waals surface area contributed by atoms with Gasteiger partial charge in [-0.05, 0) is 63.9 Å². The molecule has 0 bridgehead atoms. The first-order valence-corrected chi connectivity index (χ1v) is 12.7. The summed E-state index contributed by atoms with van der Waals surface area (Å²) in [5, 5.41) is 2.91. The Balaban J connectivity index is 1.57. The van der Waals surface area contributed by atoms with Crippen LogP contribution in [0.2, 0.25) is 0 Å². The number of methoxy groups -OCH3 is 1. The van der Waals surface area contributed by atoms with E-state index in [1.54, 1.807) is 6.07 Å². The van der Waals surface area contributed by atoms with E-state index in [2.05, 4.69) is 17.1 Å². The Morgan fingerprint density at radius 2 is 1.97 bits per heavy atom. The number of rotatable bonds is 9. The minimum absolute atomic E-state index is 0.0967. The first-order valence-electron chi connectivity index (χ1n) is 11.2. The normalized spacial score (nSPS) is 21.0. The number of unbranched alkanes of at least 4 members (excludes halogenated alkanes) is 1. The summed E-state index contributed by atoms with van der Waals surface area (Å²) in [6.45, 7) is 6.41. The average Bonchev–Trinajstić information content (AvgIpc) is 2.80. The van der Waals surface area contributed by atoms with Crippen molar-refractivity contribution >= 4 is 15.9 Å². The molecule has 1 amide bonds. The highest BCUT2D eigenvalue weighted by atomic mass is 32.2. The zero-order chi connectivity index (χ0) is 22.3. The molecule has 0 spiro atoms. The standard InChI is InChI=1S/C22H35N3O5S/c1-18-7-3-5-11-24(18)12-6-4-10-23-22(26)20-17-19(8-9-21(20)29-2)31(27,28)25-13-15-30-16-14-25/h8-9,17-18H,3-7,10-16H2,1-2H3,(H,23,26). The van der Waals surface area contributed by atoms with Crippen LogP contribution in [0.1, 0.15) is 49.4 Å². The second kappa shape index (κ2) is 11.3. The number of likely N-dealkylation sites (tertiary alicyclic amines) is 1. The molecule has 0 aromatic heterocycles. The number of ether oxygens (including phenoxy) is 2. The van der Waals surface area contributed by atoms with Gasteiger partial charge in [-0.15, -0.1) is 0 Å². The summed E-state index contributed by atoms with van der Waals surface area (Å²) >= 11 is 0. The Morgan fingerprint density at radius 1 is 1.19 bits per heavy atom. The van der Waals surface area contributed by atoms with Crippen molar-refractivity contribution in [3.8, 4) is 5.75 Å². The first-order chi connectivity index (χ1) is 14.9. The number of amides is 1. The molecule has 2 heterocycles. The van der Waals surface area contributed by atoms with Crippen LogP contribution < -0.4 is 10.1 Å². The number of morpholine rings is 1. The van der Waals surface area contributed by atoms with Gasteiger partial charge in [0.05, 0.1) is 30.8 Å². The SMILES string of the molecule is COc1ccc(S(=O)(=O)N2CCOCC2)cc1C(=O)NCCCCN1CCCCC1C. The van der Waals surface area contributed by atoms with Gasteiger partial charge in [0, 0.05) is 25.7 Å². The van der Waals surface area contributed by atoms with Crippen molar-refractivity contribution in [1.29, 1.82) is 0 Å². The molecule has 0 radical (unpaired) electrons. The summed E-state index contributed by atoms with van der Waals surface area (Å²) in [6.07, 6.45) is 5.75. The molecule has 174 valence electrons. The molecule has 2 saturated heterocycles. The maximum Gasteiger partial charge on any atom is 0.255 e. The number of benzene rings is 1.